The zero-order valence-electron chi connectivity index (χ0n) is 16.0. The second kappa shape index (κ2) is 9.08. The number of halogens is 1. The van der Waals surface area contributed by atoms with Crippen LogP contribution in [0, 0.1) is 17.0 Å². The molecular formula is C19H22ClN3O5S. The summed E-state index contributed by atoms with van der Waals surface area (Å²) in [6.45, 7) is 4.30. The number of sulfonamides is 1. The summed E-state index contributed by atoms with van der Waals surface area (Å²) in [5.41, 5.74) is -0.0329. The lowest BCUT2D eigenvalue weighted by Gasteiger charge is -2.34. The number of hydrogen-bond acceptors (Lipinski definition) is 6. The molecule has 1 fully saturated rings. The lowest BCUT2D eigenvalue weighted by Crippen LogP contribution is -2.49. The summed E-state index contributed by atoms with van der Waals surface area (Å²) >= 11 is 6.06. The Hall–Kier alpha value is -2.20. The lowest BCUT2D eigenvalue weighted by atomic mass is 10.2. The number of piperazine rings is 1. The van der Waals surface area contributed by atoms with Crippen LogP contribution in [0.5, 0.6) is 5.75 Å². The maximum absolute atomic E-state index is 13.0. The second-order valence-corrected chi connectivity index (χ2v) is 9.00. The molecule has 1 saturated heterocycles. The van der Waals surface area contributed by atoms with E-state index < -0.39 is 14.9 Å². The predicted octanol–water partition coefficient (Wildman–Crippen LogP) is 2.94. The van der Waals surface area contributed by atoms with E-state index in [1.54, 1.807) is 12.1 Å². The van der Waals surface area contributed by atoms with Crippen LogP contribution < -0.4 is 4.74 Å². The summed E-state index contributed by atoms with van der Waals surface area (Å²) in [6.07, 6.45) is 0. The monoisotopic (exact) mass is 439 g/mol. The number of nitro benzene ring substituents is 1. The molecule has 3 rings (SSSR count). The van der Waals surface area contributed by atoms with Gasteiger partial charge >= 0.3 is 0 Å². The first-order chi connectivity index (χ1) is 13.8. The molecule has 1 heterocycles. The van der Waals surface area contributed by atoms with E-state index in [-0.39, 0.29) is 16.1 Å². The van der Waals surface area contributed by atoms with Crippen LogP contribution in [0.2, 0.25) is 5.02 Å². The van der Waals surface area contributed by atoms with Gasteiger partial charge in [-0.25, -0.2) is 8.42 Å². The van der Waals surface area contributed by atoms with Crippen LogP contribution in [0.1, 0.15) is 5.56 Å². The third kappa shape index (κ3) is 4.87. The Balaban J connectivity index is 1.58. The maximum Gasteiger partial charge on any atom is 0.273 e. The molecule has 1 aliphatic rings. The summed E-state index contributed by atoms with van der Waals surface area (Å²) in [5.74, 6) is 0.622. The number of hydrogen-bond donors (Lipinski definition) is 0. The largest absolute Gasteiger partial charge is 0.491 e. The average Bonchev–Trinajstić information content (AvgIpc) is 2.69. The van der Waals surface area contributed by atoms with Crippen molar-refractivity contribution in [3.05, 3.63) is 63.2 Å². The van der Waals surface area contributed by atoms with Gasteiger partial charge in [0.1, 0.15) is 12.4 Å². The fourth-order valence-corrected chi connectivity index (χ4v) is 5.11. The van der Waals surface area contributed by atoms with Crippen molar-refractivity contribution < 1.29 is 18.1 Å². The number of nitro groups is 1. The van der Waals surface area contributed by atoms with E-state index in [0.29, 0.717) is 50.1 Å². The smallest absolute Gasteiger partial charge is 0.273 e. The highest BCUT2D eigenvalue weighted by Gasteiger charge is 2.31. The Morgan fingerprint density at radius 2 is 1.79 bits per heavy atom. The number of para-hydroxylation sites is 1. The van der Waals surface area contributed by atoms with Gasteiger partial charge in [0.2, 0.25) is 10.0 Å². The minimum Gasteiger partial charge on any atom is -0.491 e. The second-order valence-electron chi connectivity index (χ2n) is 6.68. The third-order valence-corrected chi connectivity index (χ3v) is 7.26. The number of rotatable bonds is 7. The molecule has 0 atom stereocenters. The van der Waals surface area contributed by atoms with E-state index in [1.165, 1.54) is 29.4 Å². The fourth-order valence-electron chi connectivity index (χ4n) is 3.26. The van der Waals surface area contributed by atoms with Crippen LogP contribution in [0.15, 0.2) is 47.4 Å². The zero-order chi connectivity index (χ0) is 21.0. The molecule has 0 aromatic heterocycles. The molecule has 0 radical (unpaired) electrons. The Labute approximate surface area is 174 Å². The average molecular weight is 440 g/mol. The highest BCUT2D eigenvalue weighted by molar-refractivity contribution is 7.89. The SMILES string of the molecule is Cc1c([N+](=O)[O-])cccc1S(=O)(=O)N1CCN(CCOc2ccccc2Cl)CC1. The van der Waals surface area contributed by atoms with Crippen LogP contribution >= 0.6 is 11.6 Å². The topological polar surface area (TPSA) is 93.0 Å². The molecule has 0 aliphatic carbocycles. The van der Waals surface area contributed by atoms with Crippen molar-refractivity contribution in [1.29, 1.82) is 0 Å². The zero-order valence-corrected chi connectivity index (χ0v) is 17.5. The first-order valence-electron chi connectivity index (χ1n) is 9.14. The summed E-state index contributed by atoms with van der Waals surface area (Å²) in [7, 11) is -3.79. The third-order valence-electron chi connectivity index (χ3n) is 4.90. The minimum atomic E-state index is -3.79. The number of nitrogens with zero attached hydrogens (tertiary/aromatic N) is 3. The summed E-state index contributed by atoms with van der Waals surface area (Å²) in [6, 6.07) is 11.4. The summed E-state index contributed by atoms with van der Waals surface area (Å²) in [4.78, 5) is 12.7. The Morgan fingerprint density at radius 1 is 1.10 bits per heavy atom. The summed E-state index contributed by atoms with van der Waals surface area (Å²) < 4.78 is 33.0. The van der Waals surface area contributed by atoms with Crippen LogP contribution in [0.4, 0.5) is 5.69 Å². The van der Waals surface area contributed by atoms with E-state index in [9.17, 15) is 18.5 Å². The highest BCUT2D eigenvalue weighted by Crippen LogP contribution is 2.28. The Morgan fingerprint density at radius 3 is 2.45 bits per heavy atom. The van der Waals surface area contributed by atoms with Crippen molar-refractivity contribution in [3.8, 4) is 5.75 Å². The van der Waals surface area contributed by atoms with Crippen molar-refractivity contribution in [2.45, 2.75) is 11.8 Å². The van der Waals surface area contributed by atoms with Crippen molar-refractivity contribution in [1.82, 2.24) is 9.21 Å². The van der Waals surface area contributed by atoms with Gasteiger partial charge in [0.25, 0.3) is 5.69 Å². The quantitative estimate of drug-likeness (QED) is 0.486. The standard InChI is InChI=1S/C19H22ClN3O5S/c1-15-17(23(24)25)6-4-8-19(15)29(26,27)22-11-9-21(10-12-22)13-14-28-18-7-3-2-5-16(18)20/h2-8H,9-14H2,1H3. The van der Waals surface area contributed by atoms with Gasteiger partial charge in [-0.3, -0.25) is 15.0 Å². The molecule has 10 heteroatoms. The van der Waals surface area contributed by atoms with Crippen LogP contribution in [-0.4, -0.2) is 61.9 Å². The molecule has 8 nitrogen and oxygen atoms in total. The normalized spacial score (nSPS) is 15.9. The van der Waals surface area contributed by atoms with Gasteiger partial charge in [0, 0.05) is 44.4 Å². The molecule has 29 heavy (non-hydrogen) atoms. The molecule has 0 saturated carbocycles. The molecule has 1 aliphatic heterocycles. The van der Waals surface area contributed by atoms with E-state index in [1.807, 2.05) is 12.1 Å². The van der Waals surface area contributed by atoms with Gasteiger partial charge in [0.15, 0.2) is 0 Å². The van der Waals surface area contributed by atoms with Gasteiger partial charge in [0.05, 0.1) is 14.8 Å². The van der Waals surface area contributed by atoms with E-state index in [0.717, 1.165) is 0 Å². The maximum atomic E-state index is 13.0. The van der Waals surface area contributed by atoms with Gasteiger partial charge in [-0.15, -0.1) is 0 Å². The predicted molar refractivity (Wildman–Crippen MR) is 110 cm³/mol. The Kier molecular flexibility index (Phi) is 6.74. The van der Waals surface area contributed by atoms with Crippen molar-refractivity contribution >= 4 is 27.3 Å². The molecule has 0 amide bonds. The molecule has 0 N–H and O–H groups in total. The lowest BCUT2D eigenvalue weighted by molar-refractivity contribution is -0.385. The molecule has 2 aromatic rings. The molecular weight excluding hydrogens is 418 g/mol. The first kappa shape index (κ1) is 21.5. The fraction of sp³-hybridized carbons (Fsp3) is 0.368. The van der Waals surface area contributed by atoms with Crippen molar-refractivity contribution in [3.63, 3.8) is 0 Å². The van der Waals surface area contributed by atoms with Crippen LogP contribution in [0.3, 0.4) is 0 Å². The highest BCUT2D eigenvalue weighted by atomic mass is 35.5. The molecule has 0 unspecified atom stereocenters. The van der Waals surface area contributed by atoms with Gasteiger partial charge in [-0.1, -0.05) is 29.8 Å². The molecule has 0 bridgehead atoms. The van der Waals surface area contributed by atoms with Gasteiger partial charge in [-0.2, -0.15) is 4.31 Å². The number of ether oxygens (including phenoxy) is 1. The first-order valence-corrected chi connectivity index (χ1v) is 11.0. The number of benzene rings is 2. The van der Waals surface area contributed by atoms with Crippen molar-refractivity contribution in [2.24, 2.45) is 0 Å². The molecule has 156 valence electrons. The van der Waals surface area contributed by atoms with Crippen molar-refractivity contribution in [2.75, 3.05) is 39.3 Å². The molecule has 2 aromatic carbocycles. The minimum absolute atomic E-state index is 0.0118. The Bertz CT molecular complexity index is 991. The van der Waals surface area contributed by atoms with E-state index >= 15 is 0 Å². The van der Waals surface area contributed by atoms with Gasteiger partial charge < -0.3 is 4.74 Å². The van der Waals surface area contributed by atoms with E-state index in [2.05, 4.69) is 4.90 Å². The van der Waals surface area contributed by atoms with Crippen LogP contribution in [0.25, 0.3) is 0 Å². The summed E-state index contributed by atoms with van der Waals surface area (Å²) in [5, 5.41) is 11.7. The van der Waals surface area contributed by atoms with E-state index in [4.69, 9.17) is 16.3 Å². The van der Waals surface area contributed by atoms with Gasteiger partial charge in [-0.05, 0) is 25.1 Å². The van der Waals surface area contributed by atoms with Crippen LogP contribution in [-0.2, 0) is 10.0 Å². The molecule has 0 spiro atoms.